The van der Waals surface area contributed by atoms with Gasteiger partial charge in [0.05, 0.1) is 0 Å². The van der Waals surface area contributed by atoms with Gasteiger partial charge >= 0.3 is 0 Å². The summed E-state index contributed by atoms with van der Waals surface area (Å²) in [5.41, 5.74) is 7.08. The highest BCUT2D eigenvalue weighted by atomic mass is 35.5. The minimum Gasteiger partial charge on any atom is -0.328 e. The summed E-state index contributed by atoms with van der Waals surface area (Å²) in [6, 6.07) is 2.09. The Labute approximate surface area is 126 Å². The Hall–Kier alpha value is -1.07. The minimum atomic E-state index is 0. The molecule has 5 nitrogen and oxygen atoms in total. The van der Waals surface area contributed by atoms with Crippen LogP contribution in [-0.2, 0) is 11.2 Å². The average Bonchev–Trinajstić information content (AvgIpc) is 2.85. The molecule has 1 saturated carbocycles. The topological polar surface area (TPSA) is 83.8 Å². The molecular weight excluding hydrogens is 276 g/mol. The van der Waals surface area contributed by atoms with Gasteiger partial charge in [-0.2, -0.15) is 5.10 Å². The van der Waals surface area contributed by atoms with Crippen molar-refractivity contribution in [3.63, 3.8) is 0 Å². The van der Waals surface area contributed by atoms with Gasteiger partial charge in [-0.05, 0) is 31.1 Å². The molecule has 6 heteroatoms. The van der Waals surface area contributed by atoms with Crippen LogP contribution < -0.4 is 11.1 Å². The standard InChI is InChI=1S/C14H24N4O.ClH/c1-14(2,3)8-11-7-12(18-17-11)16-13(19)9-4-5-10(15)6-9;/h7,9-10H,4-6,8,15H2,1-3H3,(H2,16,17,18,19);1H. The number of nitrogens with two attached hydrogens (primary N) is 1. The number of amides is 1. The van der Waals surface area contributed by atoms with Gasteiger partial charge in [0, 0.05) is 23.7 Å². The number of nitrogens with zero attached hydrogens (tertiary/aromatic N) is 1. The summed E-state index contributed by atoms with van der Waals surface area (Å²) in [5, 5.41) is 9.99. The number of hydrogen-bond acceptors (Lipinski definition) is 3. The Morgan fingerprint density at radius 2 is 2.20 bits per heavy atom. The largest absolute Gasteiger partial charge is 0.328 e. The van der Waals surface area contributed by atoms with Crippen molar-refractivity contribution in [2.24, 2.45) is 17.1 Å². The summed E-state index contributed by atoms with van der Waals surface area (Å²) in [6.07, 6.45) is 3.51. The minimum absolute atomic E-state index is 0. The van der Waals surface area contributed by atoms with Crippen molar-refractivity contribution in [2.45, 2.75) is 52.5 Å². The van der Waals surface area contributed by atoms with Crippen LogP contribution in [-0.4, -0.2) is 22.1 Å². The van der Waals surface area contributed by atoms with Gasteiger partial charge in [-0.25, -0.2) is 0 Å². The van der Waals surface area contributed by atoms with E-state index < -0.39 is 0 Å². The summed E-state index contributed by atoms with van der Waals surface area (Å²) in [7, 11) is 0. The second-order valence-electron chi connectivity index (χ2n) is 6.78. The van der Waals surface area contributed by atoms with Gasteiger partial charge in [-0.3, -0.25) is 9.89 Å². The van der Waals surface area contributed by atoms with E-state index in [0.717, 1.165) is 31.4 Å². The summed E-state index contributed by atoms with van der Waals surface area (Å²) in [4.78, 5) is 12.0. The molecule has 114 valence electrons. The Morgan fingerprint density at radius 3 is 2.75 bits per heavy atom. The Bertz CT molecular complexity index is 452. The molecule has 0 bridgehead atoms. The van der Waals surface area contributed by atoms with Crippen molar-refractivity contribution in [1.29, 1.82) is 0 Å². The number of aromatic amines is 1. The molecule has 0 aliphatic heterocycles. The van der Waals surface area contributed by atoms with Crippen LogP contribution in [0, 0.1) is 11.3 Å². The molecule has 1 heterocycles. The van der Waals surface area contributed by atoms with E-state index in [2.05, 4.69) is 36.3 Å². The number of rotatable bonds is 3. The van der Waals surface area contributed by atoms with Crippen molar-refractivity contribution in [1.82, 2.24) is 10.2 Å². The Balaban J connectivity index is 0.00000200. The lowest BCUT2D eigenvalue weighted by molar-refractivity contribution is -0.119. The first-order chi connectivity index (χ1) is 8.83. The molecule has 1 aliphatic rings. The zero-order valence-corrected chi connectivity index (χ0v) is 13.2. The smallest absolute Gasteiger partial charge is 0.228 e. The summed E-state index contributed by atoms with van der Waals surface area (Å²) < 4.78 is 0. The molecule has 0 spiro atoms. The third-order valence-electron chi connectivity index (χ3n) is 3.45. The number of anilines is 1. The third kappa shape index (κ3) is 4.80. The fourth-order valence-electron chi connectivity index (χ4n) is 2.57. The Kier molecular flexibility index (Phi) is 5.59. The highest BCUT2D eigenvalue weighted by molar-refractivity contribution is 5.91. The van der Waals surface area contributed by atoms with E-state index in [1.165, 1.54) is 0 Å². The highest BCUT2D eigenvalue weighted by Gasteiger charge is 2.28. The monoisotopic (exact) mass is 300 g/mol. The van der Waals surface area contributed by atoms with Gasteiger partial charge < -0.3 is 11.1 Å². The Morgan fingerprint density at radius 1 is 1.50 bits per heavy atom. The number of aromatic nitrogens is 2. The van der Waals surface area contributed by atoms with Crippen molar-refractivity contribution in [2.75, 3.05) is 5.32 Å². The van der Waals surface area contributed by atoms with E-state index in [0.29, 0.717) is 5.82 Å². The quantitative estimate of drug-likeness (QED) is 0.802. The van der Waals surface area contributed by atoms with Crippen molar-refractivity contribution >= 4 is 24.1 Å². The molecule has 1 aromatic heterocycles. The molecule has 2 atom stereocenters. The number of nitrogens with one attached hydrogen (secondary N) is 2. The van der Waals surface area contributed by atoms with Gasteiger partial charge in [-0.1, -0.05) is 20.8 Å². The first-order valence-corrected chi connectivity index (χ1v) is 6.94. The summed E-state index contributed by atoms with van der Waals surface area (Å²) >= 11 is 0. The van der Waals surface area contributed by atoms with E-state index in [4.69, 9.17) is 5.73 Å². The zero-order chi connectivity index (χ0) is 14.0. The first kappa shape index (κ1) is 17.0. The van der Waals surface area contributed by atoms with Crippen LogP contribution in [0.5, 0.6) is 0 Å². The molecule has 1 amide bonds. The maximum Gasteiger partial charge on any atom is 0.228 e. The van der Waals surface area contributed by atoms with Crippen LogP contribution >= 0.6 is 12.4 Å². The number of carbonyl (C=O) groups excluding carboxylic acids is 1. The molecule has 4 N–H and O–H groups in total. The van der Waals surface area contributed by atoms with E-state index >= 15 is 0 Å². The fraction of sp³-hybridized carbons (Fsp3) is 0.714. The van der Waals surface area contributed by atoms with Crippen LogP contribution in [0.25, 0.3) is 0 Å². The van der Waals surface area contributed by atoms with E-state index in [1.807, 2.05) is 6.07 Å². The number of carbonyl (C=O) groups is 1. The number of hydrogen-bond donors (Lipinski definition) is 3. The lowest BCUT2D eigenvalue weighted by Crippen LogP contribution is -2.23. The lowest BCUT2D eigenvalue weighted by atomic mass is 9.91. The SMILES string of the molecule is CC(C)(C)Cc1cc(NC(=O)C2CCC(N)C2)n[nH]1.Cl. The molecular formula is C14H25ClN4O. The van der Waals surface area contributed by atoms with E-state index in [-0.39, 0.29) is 35.7 Å². The van der Waals surface area contributed by atoms with E-state index in [9.17, 15) is 4.79 Å². The van der Waals surface area contributed by atoms with E-state index in [1.54, 1.807) is 0 Å². The second-order valence-corrected chi connectivity index (χ2v) is 6.78. The molecule has 1 aliphatic carbocycles. The second kappa shape index (κ2) is 6.59. The molecule has 0 aromatic carbocycles. The normalized spacial score (nSPS) is 22.4. The van der Waals surface area contributed by atoms with Gasteiger partial charge in [0.15, 0.2) is 5.82 Å². The average molecular weight is 301 g/mol. The van der Waals surface area contributed by atoms with Gasteiger partial charge in [0.25, 0.3) is 0 Å². The molecule has 0 radical (unpaired) electrons. The van der Waals surface area contributed by atoms with Crippen LogP contribution in [0.2, 0.25) is 0 Å². The van der Waals surface area contributed by atoms with Crippen LogP contribution in [0.15, 0.2) is 6.07 Å². The van der Waals surface area contributed by atoms with Crippen LogP contribution in [0.3, 0.4) is 0 Å². The molecule has 1 aromatic rings. The van der Waals surface area contributed by atoms with Gasteiger partial charge in [0.2, 0.25) is 5.91 Å². The van der Waals surface area contributed by atoms with Gasteiger partial charge in [-0.15, -0.1) is 12.4 Å². The molecule has 20 heavy (non-hydrogen) atoms. The molecule has 0 saturated heterocycles. The predicted molar refractivity (Wildman–Crippen MR) is 82.9 cm³/mol. The van der Waals surface area contributed by atoms with Crippen molar-refractivity contribution in [3.05, 3.63) is 11.8 Å². The van der Waals surface area contributed by atoms with Crippen LogP contribution in [0.4, 0.5) is 5.82 Å². The van der Waals surface area contributed by atoms with Crippen molar-refractivity contribution in [3.8, 4) is 0 Å². The van der Waals surface area contributed by atoms with Gasteiger partial charge in [0.1, 0.15) is 0 Å². The summed E-state index contributed by atoms with van der Waals surface area (Å²) in [6.45, 7) is 6.52. The number of halogens is 1. The lowest BCUT2D eigenvalue weighted by Gasteiger charge is -2.15. The molecule has 2 unspecified atom stereocenters. The predicted octanol–water partition coefficient (Wildman–Crippen LogP) is 2.49. The third-order valence-corrected chi connectivity index (χ3v) is 3.45. The maximum absolute atomic E-state index is 12.0. The fourth-order valence-corrected chi connectivity index (χ4v) is 2.57. The van der Waals surface area contributed by atoms with Crippen molar-refractivity contribution < 1.29 is 4.79 Å². The maximum atomic E-state index is 12.0. The molecule has 1 fully saturated rings. The number of H-pyrrole nitrogens is 1. The zero-order valence-electron chi connectivity index (χ0n) is 12.4. The van der Waals surface area contributed by atoms with Crippen LogP contribution in [0.1, 0.15) is 45.7 Å². The molecule has 2 rings (SSSR count). The highest BCUT2D eigenvalue weighted by Crippen LogP contribution is 2.26. The summed E-state index contributed by atoms with van der Waals surface area (Å²) in [5.74, 6) is 0.698. The first-order valence-electron chi connectivity index (χ1n) is 6.94.